The summed E-state index contributed by atoms with van der Waals surface area (Å²) < 4.78 is 43.3. The van der Waals surface area contributed by atoms with Gasteiger partial charge in [0, 0.05) is 37.4 Å². The Bertz CT molecular complexity index is 932. The van der Waals surface area contributed by atoms with Crippen molar-refractivity contribution in [2.45, 2.75) is 19.8 Å². The number of nitrogens with zero attached hydrogens (tertiary/aromatic N) is 2. The zero-order chi connectivity index (χ0) is 25.5. The lowest BCUT2D eigenvalue weighted by Gasteiger charge is -2.14. The fraction of sp³-hybridized carbons (Fsp3) is 0.364. The molecule has 1 aromatic heterocycles. The van der Waals surface area contributed by atoms with Crippen molar-refractivity contribution in [2.24, 2.45) is 5.92 Å². The lowest BCUT2D eigenvalue weighted by atomic mass is 10.1. The molecular weight excluding hydrogens is 452 g/mol. The van der Waals surface area contributed by atoms with Crippen molar-refractivity contribution in [3.8, 4) is 5.75 Å². The Kier molecular flexibility index (Phi) is 12.4. The van der Waals surface area contributed by atoms with Gasteiger partial charge in [0.2, 0.25) is 5.95 Å². The topological polar surface area (TPSA) is 139 Å². The molecular formula is C22H29F2N5O5. The van der Waals surface area contributed by atoms with Gasteiger partial charge in [-0.05, 0) is 6.42 Å². The number of nitrogens with one attached hydrogen (secondary N) is 3. The Morgan fingerprint density at radius 3 is 2.50 bits per heavy atom. The van der Waals surface area contributed by atoms with Gasteiger partial charge in [0.1, 0.15) is 5.83 Å². The Labute approximate surface area is 196 Å². The van der Waals surface area contributed by atoms with Crippen molar-refractivity contribution in [3.05, 3.63) is 60.1 Å². The van der Waals surface area contributed by atoms with Crippen LogP contribution in [0.1, 0.15) is 19.8 Å². The molecule has 12 heteroatoms. The number of methoxy groups -OCH3 is 2. The highest BCUT2D eigenvalue weighted by molar-refractivity contribution is 5.79. The van der Waals surface area contributed by atoms with E-state index in [0.717, 1.165) is 12.3 Å². The normalized spacial score (nSPS) is 13.3. The number of hydrogen-bond donors (Lipinski definition) is 4. The number of hydrogen-bond acceptors (Lipinski definition) is 9. The predicted octanol–water partition coefficient (Wildman–Crippen LogP) is 3.69. The Hall–Kier alpha value is -3.96. The molecule has 4 N–H and O–H groups in total. The monoisotopic (exact) mass is 481 g/mol. The van der Waals surface area contributed by atoms with Crippen LogP contribution in [0.4, 0.5) is 14.7 Å². The summed E-state index contributed by atoms with van der Waals surface area (Å²) in [4.78, 5) is 18.6. The van der Waals surface area contributed by atoms with Gasteiger partial charge in [-0.2, -0.15) is 0 Å². The molecule has 0 fully saturated rings. The average Bonchev–Trinajstić information content (AvgIpc) is 2.82. The molecule has 1 aromatic rings. The van der Waals surface area contributed by atoms with E-state index in [1.165, 1.54) is 32.8 Å². The molecule has 0 aromatic carbocycles. The van der Waals surface area contributed by atoms with Gasteiger partial charge in [-0.25, -0.2) is 18.7 Å². The van der Waals surface area contributed by atoms with Crippen LogP contribution in [0.3, 0.4) is 0 Å². The molecule has 186 valence electrons. The molecule has 0 saturated carbocycles. The minimum absolute atomic E-state index is 0.0438. The van der Waals surface area contributed by atoms with Crippen LogP contribution >= 0.6 is 0 Å². The summed E-state index contributed by atoms with van der Waals surface area (Å²) in [6.45, 7) is 5.02. The number of anilines is 1. The molecule has 34 heavy (non-hydrogen) atoms. The summed E-state index contributed by atoms with van der Waals surface area (Å²) in [5.41, 5.74) is 0.358. The molecule has 0 aliphatic heterocycles. The van der Waals surface area contributed by atoms with Gasteiger partial charge in [0.15, 0.2) is 23.1 Å². The first kappa shape index (κ1) is 28.1. The number of rotatable bonds is 16. The highest BCUT2D eigenvalue weighted by Crippen LogP contribution is 2.23. The fourth-order valence-corrected chi connectivity index (χ4v) is 2.35. The quantitative estimate of drug-likeness (QED) is 0.120. The summed E-state index contributed by atoms with van der Waals surface area (Å²) in [7, 11) is 2.47. The SMILES string of the molecule is C=C(F)/C(=C\C(OC)=C(\F)C(C)COc1cnc(N/C(C=N)=C/NCCCC(=O)O)nc1)OC. The van der Waals surface area contributed by atoms with E-state index in [4.69, 9.17) is 24.7 Å². The van der Waals surface area contributed by atoms with Crippen LogP contribution < -0.4 is 15.4 Å². The van der Waals surface area contributed by atoms with E-state index < -0.39 is 23.5 Å². The molecule has 0 spiro atoms. The molecule has 0 aliphatic carbocycles. The van der Waals surface area contributed by atoms with Crippen molar-refractivity contribution < 1.29 is 32.9 Å². The zero-order valence-electron chi connectivity index (χ0n) is 19.2. The maximum atomic E-state index is 14.7. The summed E-state index contributed by atoms with van der Waals surface area (Å²) in [6.07, 6.45) is 6.85. The number of allylic oxidation sites excluding steroid dienone is 3. The summed E-state index contributed by atoms with van der Waals surface area (Å²) in [6, 6.07) is 0. The minimum Gasteiger partial charge on any atom is -0.494 e. The molecule has 0 radical (unpaired) electrons. The Morgan fingerprint density at radius 1 is 1.29 bits per heavy atom. The van der Waals surface area contributed by atoms with Crippen LogP contribution in [0.15, 0.2) is 60.1 Å². The lowest BCUT2D eigenvalue weighted by Crippen LogP contribution is -2.14. The highest BCUT2D eigenvalue weighted by atomic mass is 19.1. The maximum absolute atomic E-state index is 14.7. The van der Waals surface area contributed by atoms with Gasteiger partial charge in [0.25, 0.3) is 0 Å². The van der Waals surface area contributed by atoms with E-state index in [2.05, 4.69) is 27.2 Å². The van der Waals surface area contributed by atoms with Crippen LogP contribution in [0, 0.1) is 11.3 Å². The zero-order valence-corrected chi connectivity index (χ0v) is 19.2. The largest absolute Gasteiger partial charge is 0.494 e. The van der Waals surface area contributed by atoms with Crippen LogP contribution in [0.5, 0.6) is 5.75 Å². The number of carboxylic acid groups (broad SMARTS) is 1. The molecule has 10 nitrogen and oxygen atoms in total. The number of ether oxygens (including phenoxy) is 3. The van der Waals surface area contributed by atoms with Gasteiger partial charge in [-0.15, -0.1) is 0 Å². The molecule has 0 bridgehead atoms. The van der Waals surface area contributed by atoms with Crippen molar-refractivity contribution in [1.82, 2.24) is 15.3 Å². The second-order valence-electron chi connectivity index (χ2n) is 6.81. The van der Waals surface area contributed by atoms with Crippen molar-refractivity contribution in [3.63, 3.8) is 0 Å². The van der Waals surface area contributed by atoms with Crippen molar-refractivity contribution in [2.75, 3.05) is 32.7 Å². The second-order valence-corrected chi connectivity index (χ2v) is 6.81. The number of carbonyl (C=O) groups is 1. The van der Waals surface area contributed by atoms with E-state index in [9.17, 15) is 13.6 Å². The van der Waals surface area contributed by atoms with E-state index in [1.807, 2.05) is 0 Å². The van der Waals surface area contributed by atoms with E-state index in [-0.39, 0.29) is 36.2 Å². The minimum atomic E-state index is -0.876. The van der Waals surface area contributed by atoms with E-state index in [0.29, 0.717) is 18.7 Å². The van der Waals surface area contributed by atoms with Gasteiger partial charge < -0.3 is 35.4 Å². The summed E-state index contributed by atoms with van der Waals surface area (Å²) in [5, 5.41) is 21.7. The van der Waals surface area contributed by atoms with E-state index in [1.54, 1.807) is 6.92 Å². The van der Waals surface area contributed by atoms with E-state index >= 15 is 0 Å². The predicted molar refractivity (Wildman–Crippen MR) is 123 cm³/mol. The van der Waals surface area contributed by atoms with Gasteiger partial charge in [0.05, 0.1) is 38.9 Å². The smallest absolute Gasteiger partial charge is 0.303 e. The molecule has 1 rings (SSSR count). The number of aromatic nitrogens is 2. The molecule has 0 saturated heterocycles. The van der Waals surface area contributed by atoms with Gasteiger partial charge >= 0.3 is 5.97 Å². The number of carboxylic acids is 1. The number of aliphatic carboxylic acids is 1. The van der Waals surface area contributed by atoms with Crippen LogP contribution in [0.25, 0.3) is 0 Å². The third kappa shape index (κ3) is 10.1. The van der Waals surface area contributed by atoms with Gasteiger partial charge in [-0.3, -0.25) is 4.79 Å². The fourth-order valence-electron chi connectivity index (χ4n) is 2.35. The third-order valence-electron chi connectivity index (χ3n) is 4.15. The third-order valence-corrected chi connectivity index (χ3v) is 4.15. The molecule has 1 heterocycles. The Morgan fingerprint density at radius 2 is 1.97 bits per heavy atom. The first-order valence-corrected chi connectivity index (χ1v) is 10.1. The maximum Gasteiger partial charge on any atom is 0.303 e. The molecule has 0 aliphatic rings. The van der Waals surface area contributed by atoms with Crippen LogP contribution in [-0.4, -0.2) is 54.6 Å². The second kappa shape index (κ2) is 15.0. The summed E-state index contributed by atoms with van der Waals surface area (Å²) in [5.74, 6) is -3.16. The standard InChI is InChI=1S/C22H29F2N5O5/c1-14(21(24)19(33-4)8-18(32-3)15(2)23)13-34-17-11-27-22(28-12-17)29-16(9-25)10-26-7-5-6-20(30)31/h8-12,14,25-26H,2,5-7,13H2,1,3-4H3,(H,30,31)(H,27,28,29)/b16-10+,18-8+,21-19-,25-9?. The highest BCUT2D eigenvalue weighted by Gasteiger charge is 2.17. The first-order valence-electron chi connectivity index (χ1n) is 10.1. The Balaban J connectivity index is 2.69. The molecule has 1 atom stereocenters. The summed E-state index contributed by atoms with van der Waals surface area (Å²) >= 11 is 0. The van der Waals surface area contributed by atoms with Gasteiger partial charge in [-0.1, -0.05) is 13.5 Å². The van der Waals surface area contributed by atoms with Crippen molar-refractivity contribution >= 4 is 18.1 Å². The lowest BCUT2D eigenvalue weighted by molar-refractivity contribution is -0.137. The number of halogens is 2. The van der Waals surface area contributed by atoms with Crippen LogP contribution in [0.2, 0.25) is 0 Å². The van der Waals surface area contributed by atoms with Crippen LogP contribution in [-0.2, 0) is 14.3 Å². The first-order chi connectivity index (χ1) is 16.2. The average molecular weight is 482 g/mol. The van der Waals surface area contributed by atoms with Crippen molar-refractivity contribution in [1.29, 1.82) is 5.41 Å². The molecule has 1 unspecified atom stereocenters. The molecule has 0 amide bonds.